The molecule has 0 amide bonds. The van der Waals surface area contributed by atoms with E-state index in [0.29, 0.717) is 44.7 Å². The number of aromatic nitrogens is 4. The van der Waals surface area contributed by atoms with Crippen molar-refractivity contribution in [3.8, 4) is 45.0 Å². The number of hydrogen-bond donors (Lipinski definition) is 0. The first-order chi connectivity index (χ1) is 25.2. The van der Waals surface area contributed by atoms with Gasteiger partial charge < -0.3 is 0 Å². The Kier molecular flexibility index (Phi) is 8.83. The average molecular weight is 689 g/mol. The number of aliphatic imine (C=N–C) groups is 4. The summed E-state index contributed by atoms with van der Waals surface area (Å²) in [5, 5.41) is 0.568. The monoisotopic (exact) mass is 688 g/mol. The molecule has 0 saturated heterocycles. The van der Waals surface area contributed by atoms with Crippen molar-refractivity contribution in [2.45, 2.75) is 6.92 Å². The molecule has 0 aliphatic carbocycles. The van der Waals surface area contributed by atoms with Gasteiger partial charge in [-0.3, -0.25) is 0 Å². The molecule has 0 radical (unpaired) electrons. The molecule has 52 heavy (non-hydrogen) atoms. The lowest BCUT2D eigenvalue weighted by atomic mass is 10.0. The summed E-state index contributed by atoms with van der Waals surface area (Å²) < 4.78 is 42.5. The van der Waals surface area contributed by atoms with E-state index in [1.54, 1.807) is 36.4 Å². The van der Waals surface area contributed by atoms with Crippen LogP contribution in [0.5, 0.6) is 0 Å². The smallest absolute Gasteiger partial charge is 0.162 e. The molecule has 7 aromatic rings. The van der Waals surface area contributed by atoms with E-state index in [2.05, 4.69) is 46.8 Å². The molecular weight excluding hydrogens is 662 g/mol. The SMILES string of the molecule is C=NC(N=C)=c1c2nc(-c3ccc(C)cc3)c(-c3ccc(F)cc3)nc2c(=C(N=C)N=C)c2nc(-c3ccc(F)cc3)c(-c3ccc(F)cc3)nc12. The van der Waals surface area contributed by atoms with Gasteiger partial charge in [-0.25, -0.2) is 53.1 Å². The summed E-state index contributed by atoms with van der Waals surface area (Å²) in [6, 6.07) is 25.1. The summed E-state index contributed by atoms with van der Waals surface area (Å²) in [5.41, 5.74) is 5.94. The van der Waals surface area contributed by atoms with E-state index in [1.807, 2.05) is 31.2 Å². The van der Waals surface area contributed by atoms with Gasteiger partial charge in [-0.1, -0.05) is 29.8 Å². The molecule has 7 rings (SSSR count). The molecule has 2 heterocycles. The molecule has 2 aromatic heterocycles. The number of rotatable bonds is 8. The van der Waals surface area contributed by atoms with Crippen LogP contribution in [0, 0.1) is 24.4 Å². The van der Waals surface area contributed by atoms with Gasteiger partial charge in [0, 0.05) is 22.3 Å². The topological polar surface area (TPSA) is 101 Å². The predicted octanol–water partition coefficient (Wildman–Crippen LogP) is 7.90. The summed E-state index contributed by atoms with van der Waals surface area (Å²) in [6.45, 7) is 16.9. The summed E-state index contributed by atoms with van der Waals surface area (Å²) in [5.74, 6) is -1.16. The van der Waals surface area contributed by atoms with Crippen molar-refractivity contribution in [1.82, 2.24) is 19.9 Å². The van der Waals surface area contributed by atoms with E-state index in [1.165, 1.54) is 36.4 Å². The van der Waals surface area contributed by atoms with E-state index < -0.39 is 17.5 Å². The van der Waals surface area contributed by atoms with Crippen LogP contribution in [-0.4, -0.2) is 46.8 Å². The summed E-state index contributed by atoms with van der Waals surface area (Å²) in [7, 11) is 0. The van der Waals surface area contributed by atoms with Crippen LogP contribution in [0.3, 0.4) is 0 Å². The van der Waals surface area contributed by atoms with Crippen molar-refractivity contribution in [2.75, 3.05) is 0 Å². The van der Waals surface area contributed by atoms with Gasteiger partial charge in [-0.2, -0.15) is 0 Å². The van der Waals surface area contributed by atoms with Gasteiger partial charge in [0.15, 0.2) is 11.6 Å². The summed E-state index contributed by atoms with van der Waals surface area (Å²) in [4.78, 5) is 37.4. The van der Waals surface area contributed by atoms with Gasteiger partial charge in [0.25, 0.3) is 0 Å². The number of halogens is 3. The Balaban J connectivity index is 1.79. The van der Waals surface area contributed by atoms with Gasteiger partial charge >= 0.3 is 0 Å². The molecule has 0 aliphatic heterocycles. The van der Waals surface area contributed by atoms with Gasteiger partial charge in [0.05, 0.1) is 33.2 Å². The third-order valence-electron chi connectivity index (χ3n) is 8.46. The highest BCUT2D eigenvalue weighted by molar-refractivity contribution is 6.00. The van der Waals surface area contributed by atoms with Crippen molar-refractivity contribution in [1.29, 1.82) is 0 Å². The molecular formula is C41H27F3N8. The third kappa shape index (κ3) is 5.94. The molecule has 0 N–H and O–H groups in total. The molecule has 0 aliphatic rings. The second kappa shape index (κ2) is 13.7. The standard InChI is InChI=1S/C41H27F3N8/c1-22-6-8-23(9-7-22)32-33(24-10-16-27(42)17-11-24)50-37-31(41(47-4)48-5)39-38(30(36(37)49-32)40(45-2)46-3)51-34(25-12-18-28(43)19-13-25)35(52-39)26-14-20-29(44)21-15-26/h6-21H,2-5H2,1H3. The Bertz CT molecular complexity index is 2340. The quantitative estimate of drug-likeness (QED) is 0.120. The molecule has 5 aromatic carbocycles. The van der Waals surface area contributed by atoms with Gasteiger partial charge in [-0.05, 0) is 107 Å². The van der Waals surface area contributed by atoms with Crippen molar-refractivity contribution < 1.29 is 13.2 Å². The second-order valence-corrected chi connectivity index (χ2v) is 11.7. The van der Waals surface area contributed by atoms with Crippen molar-refractivity contribution in [2.24, 2.45) is 20.0 Å². The van der Waals surface area contributed by atoms with E-state index in [4.69, 9.17) is 19.9 Å². The lowest BCUT2D eigenvalue weighted by Gasteiger charge is -2.16. The fraction of sp³-hybridized carbons (Fsp3) is 0.0244. The van der Waals surface area contributed by atoms with Crippen LogP contribution in [0.15, 0.2) is 117 Å². The van der Waals surface area contributed by atoms with Crippen LogP contribution >= 0.6 is 0 Å². The third-order valence-corrected chi connectivity index (χ3v) is 8.46. The molecule has 8 nitrogen and oxygen atoms in total. The van der Waals surface area contributed by atoms with Gasteiger partial charge in [-0.15, -0.1) is 0 Å². The Morgan fingerprint density at radius 3 is 0.865 bits per heavy atom. The maximum absolute atomic E-state index is 14.2. The Morgan fingerprint density at radius 1 is 0.404 bits per heavy atom. The van der Waals surface area contributed by atoms with Crippen molar-refractivity contribution >= 4 is 60.6 Å². The highest BCUT2D eigenvalue weighted by Crippen LogP contribution is 2.34. The van der Waals surface area contributed by atoms with Gasteiger partial charge in [0.1, 0.15) is 39.5 Å². The van der Waals surface area contributed by atoms with Crippen LogP contribution in [0.25, 0.3) is 78.7 Å². The molecule has 0 saturated carbocycles. The Morgan fingerprint density at radius 2 is 0.635 bits per heavy atom. The maximum Gasteiger partial charge on any atom is 0.162 e. The van der Waals surface area contributed by atoms with E-state index >= 15 is 0 Å². The van der Waals surface area contributed by atoms with Crippen molar-refractivity contribution in [3.63, 3.8) is 0 Å². The number of aryl methyl sites for hydroxylation is 1. The van der Waals surface area contributed by atoms with E-state index in [0.717, 1.165) is 11.1 Å². The molecule has 0 atom stereocenters. The number of benzene rings is 5. The molecule has 0 unspecified atom stereocenters. The highest BCUT2D eigenvalue weighted by Gasteiger charge is 2.23. The fourth-order valence-electron chi connectivity index (χ4n) is 5.97. The van der Waals surface area contributed by atoms with Crippen LogP contribution in [0.1, 0.15) is 5.56 Å². The lowest BCUT2D eigenvalue weighted by Crippen LogP contribution is -2.23. The first kappa shape index (κ1) is 33.5. The Labute approximate surface area is 295 Å². The summed E-state index contributed by atoms with van der Waals surface area (Å²) >= 11 is 0. The molecule has 0 bridgehead atoms. The molecule has 11 heteroatoms. The zero-order valence-corrected chi connectivity index (χ0v) is 27.8. The van der Waals surface area contributed by atoms with Crippen LogP contribution in [0.2, 0.25) is 0 Å². The zero-order chi connectivity index (χ0) is 36.5. The molecule has 0 spiro atoms. The van der Waals surface area contributed by atoms with Crippen molar-refractivity contribution in [3.05, 3.63) is 131 Å². The minimum absolute atomic E-state index is 0.0672. The van der Waals surface area contributed by atoms with Gasteiger partial charge in [0.2, 0.25) is 0 Å². The maximum atomic E-state index is 14.2. The van der Waals surface area contributed by atoms with Crippen LogP contribution in [-0.2, 0) is 0 Å². The lowest BCUT2D eigenvalue weighted by molar-refractivity contribution is 0.627. The average Bonchev–Trinajstić information content (AvgIpc) is 3.16. The normalized spacial score (nSPS) is 11.0. The minimum atomic E-state index is -0.446. The number of nitrogens with zero attached hydrogens (tertiary/aromatic N) is 8. The first-order valence-electron chi connectivity index (χ1n) is 15.8. The van der Waals surface area contributed by atoms with Crippen LogP contribution in [0.4, 0.5) is 13.2 Å². The minimum Gasteiger partial charge on any atom is -0.244 e. The molecule has 0 fully saturated rings. The predicted molar refractivity (Wildman–Crippen MR) is 203 cm³/mol. The number of fused-ring (bicyclic) bond motifs is 2. The highest BCUT2D eigenvalue weighted by atomic mass is 19.1. The second-order valence-electron chi connectivity index (χ2n) is 11.7. The number of hydrogen-bond acceptors (Lipinski definition) is 8. The summed E-state index contributed by atoms with van der Waals surface area (Å²) in [6.07, 6.45) is 0. The van der Waals surface area contributed by atoms with E-state index in [-0.39, 0.29) is 38.9 Å². The fourth-order valence-corrected chi connectivity index (χ4v) is 5.97. The zero-order valence-electron chi connectivity index (χ0n) is 27.8. The molecule has 252 valence electrons. The Hall–Kier alpha value is -7.01. The first-order valence-corrected chi connectivity index (χ1v) is 15.8. The van der Waals surface area contributed by atoms with Crippen LogP contribution < -0.4 is 10.4 Å². The van der Waals surface area contributed by atoms with E-state index in [9.17, 15) is 13.2 Å². The largest absolute Gasteiger partial charge is 0.244 e.